The van der Waals surface area contributed by atoms with Gasteiger partial charge in [0.15, 0.2) is 5.16 Å². The van der Waals surface area contributed by atoms with Gasteiger partial charge in [-0.25, -0.2) is 9.66 Å². The molecule has 96 valence electrons. The zero-order valence-corrected chi connectivity index (χ0v) is 12.0. The fourth-order valence-electron chi connectivity index (χ4n) is 2.53. The molecule has 2 heterocycles. The van der Waals surface area contributed by atoms with E-state index in [0.29, 0.717) is 11.1 Å². The van der Waals surface area contributed by atoms with Gasteiger partial charge < -0.3 is 5.84 Å². The van der Waals surface area contributed by atoms with Gasteiger partial charge >= 0.3 is 0 Å². The summed E-state index contributed by atoms with van der Waals surface area (Å²) in [5.74, 6) is 6.50. The molecule has 0 bridgehead atoms. The lowest BCUT2D eigenvalue weighted by molar-refractivity contribution is 0.509. The molecule has 6 heteroatoms. The van der Waals surface area contributed by atoms with Crippen LogP contribution in [0.4, 0.5) is 0 Å². The molecule has 0 unspecified atom stereocenters. The summed E-state index contributed by atoms with van der Waals surface area (Å²) < 4.78 is 1.18. The van der Waals surface area contributed by atoms with Crippen LogP contribution in [-0.4, -0.2) is 15.9 Å². The average Bonchev–Trinajstić information content (AvgIpc) is 2.70. The summed E-state index contributed by atoms with van der Waals surface area (Å²) in [5, 5.41) is 1.33. The number of hydrogen-bond donors (Lipinski definition) is 1. The standard InChI is InChI=1S/C12H15N3OS2/c1-6-3-4-7-8(5-6)18-10-9(7)11(16)15(13)12(14-10)17-2/h6H,3-5,13H2,1-2H3/t6-/m1/s1. The van der Waals surface area contributed by atoms with Gasteiger partial charge in [0.05, 0.1) is 5.39 Å². The predicted molar refractivity (Wildman–Crippen MR) is 77.0 cm³/mol. The lowest BCUT2D eigenvalue weighted by Crippen LogP contribution is -2.30. The van der Waals surface area contributed by atoms with Gasteiger partial charge in [-0.2, -0.15) is 0 Å². The fourth-order valence-corrected chi connectivity index (χ4v) is 4.42. The molecule has 1 aliphatic rings. The van der Waals surface area contributed by atoms with Gasteiger partial charge in [0, 0.05) is 4.88 Å². The first-order chi connectivity index (χ1) is 8.61. The summed E-state index contributed by atoms with van der Waals surface area (Å²) in [6.45, 7) is 2.26. The van der Waals surface area contributed by atoms with E-state index in [2.05, 4.69) is 11.9 Å². The minimum atomic E-state index is -0.101. The maximum Gasteiger partial charge on any atom is 0.281 e. The molecule has 0 amide bonds. The minimum absolute atomic E-state index is 0.101. The van der Waals surface area contributed by atoms with Crippen LogP contribution in [0.25, 0.3) is 10.2 Å². The smallest absolute Gasteiger partial charge is 0.281 e. The number of thioether (sulfide) groups is 1. The quantitative estimate of drug-likeness (QED) is 0.493. The van der Waals surface area contributed by atoms with Crippen molar-refractivity contribution in [3.63, 3.8) is 0 Å². The summed E-state index contributed by atoms with van der Waals surface area (Å²) in [4.78, 5) is 19.0. The number of nitrogens with zero attached hydrogens (tertiary/aromatic N) is 2. The number of hydrogen-bond acceptors (Lipinski definition) is 5. The molecule has 3 rings (SSSR count). The third kappa shape index (κ3) is 1.66. The molecule has 2 aromatic heterocycles. The molecule has 2 N–H and O–H groups in total. The molecule has 0 saturated heterocycles. The molecule has 0 aliphatic heterocycles. The maximum atomic E-state index is 12.3. The monoisotopic (exact) mass is 281 g/mol. The highest BCUT2D eigenvalue weighted by Gasteiger charge is 2.23. The third-order valence-electron chi connectivity index (χ3n) is 3.51. The molecular formula is C12H15N3OS2. The Kier molecular flexibility index (Phi) is 2.86. The number of fused-ring (bicyclic) bond motifs is 3. The van der Waals surface area contributed by atoms with Crippen molar-refractivity contribution >= 4 is 33.3 Å². The van der Waals surface area contributed by atoms with Crippen molar-refractivity contribution in [2.75, 3.05) is 12.1 Å². The van der Waals surface area contributed by atoms with Crippen molar-refractivity contribution in [3.8, 4) is 0 Å². The Morgan fingerprint density at radius 1 is 1.56 bits per heavy atom. The van der Waals surface area contributed by atoms with E-state index in [9.17, 15) is 4.79 Å². The van der Waals surface area contributed by atoms with Crippen molar-refractivity contribution in [3.05, 3.63) is 20.8 Å². The fraction of sp³-hybridized carbons (Fsp3) is 0.500. The number of aryl methyl sites for hydroxylation is 1. The molecule has 0 radical (unpaired) electrons. The van der Waals surface area contributed by atoms with Crippen molar-refractivity contribution in [2.24, 2.45) is 5.92 Å². The van der Waals surface area contributed by atoms with E-state index in [0.717, 1.165) is 29.5 Å². The second kappa shape index (κ2) is 4.28. The zero-order valence-electron chi connectivity index (χ0n) is 10.4. The molecule has 18 heavy (non-hydrogen) atoms. The van der Waals surface area contributed by atoms with Gasteiger partial charge in [0.1, 0.15) is 4.83 Å². The summed E-state index contributed by atoms with van der Waals surface area (Å²) in [6.07, 6.45) is 5.07. The molecule has 0 spiro atoms. The molecule has 0 aromatic carbocycles. The van der Waals surface area contributed by atoms with Gasteiger partial charge in [-0.1, -0.05) is 18.7 Å². The van der Waals surface area contributed by atoms with Gasteiger partial charge in [0.2, 0.25) is 0 Å². The molecule has 0 fully saturated rings. The second-order valence-electron chi connectivity index (χ2n) is 4.81. The third-order valence-corrected chi connectivity index (χ3v) is 5.31. The normalized spacial score (nSPS) is 19.1. The highest BCUT2D eigenvalue weighted by molar-refractivity contribution is 7.98. The van der Waals surface area contributed by atoms with E-state index in [4.69, 9.17) is 5.84 Å². The maximum absolute atomic E-state index is 12.3. The molecule has 1 atom stereocenters. The van der Waals surface area contributed by atoms with E-state index in [1.807, 2.05) is 6.26 Å². The summed E-state index contributed by atoms with van der Waals surface area (Å²) in [5.41, 5.74) is 1.09. The van der Waals surface area contributed by atoms with Crippen LogP contribution in [0.2, 0.25) is 0 Å². The van der Waals surface area contributed by atoms with E-state index in [1.165, 1.54) is 26.9 Å². The van der Waals surface area contributed by atoms with Crippen LogP contribution in [0.3, 0.4) is 0 Å². The second-order valence-corrected chi connectivity index (χ2v) is 6.66. The van der Waals surface area contributed by atoms with E-state index < -0.39 is 0 Å². The van der Waals surface area contributed by atoms with Crippen molar-refractivity contribution in [1.82, 2.24) is 9.66 Å². The van der Waals surface area contributed by atoms with Gasteiger partial charge in [-0.05, 0) is 37.0 Å². The van der Waals surface area contributed by atoms with Gasteiger partial charge in [0.25, 0.3) is 5.56 Å². The first kappa shape index (κ1) is 12.0. The van der Waals surface area contributed by atoms with E-state index in [-0.39, 0.29) is 5.56 Å². The van der Waals surface area contributed by atoms with Crippen LogP contribution in [0.1, 0.15) is 23.8 Å². The molecular weight excluding hydrogens is 266 g/mol. The minimum Gasteiger partial charge on any atom is -0.334 e. The largest absolute Gasteiger partial charge is 0.334 e. The topological polar surface area (TPSA) is 60.9 Å². The Hall–Kier alpha value is -1.01. The van der Waals surface area contributed by atoms with Crippen LogP contribution in [-0.2, 0) is 12.8 Å². The highest BCUT2D eigenvalue weighted by Crippen LogP contribution is 2.36. The molecule has 2 aromatic rings. The SMILES string of the molecule is CSc1nc2sc3c(c2c(=O)n1N)CC[C@@H](C)C3. The average molecular weight is 281 g/mol. The van der Waals surface area contributed by atoms with E-state index in [1.54, 1.807) is 11.3 Å². The Bertz CT molecular complexity index is 674. The number of nitrogen functional groups attached to an aromatic ring is 1. The number of thiophene rings is 1. The Balaban J connectivity index is 2.33. The van der Waals surface area contributed by atoms with Gasteiger partial charge in [-0.3, -0.25) is 4.79 Å². The lowest BCUT2D eigenvalue weighted by Gasteiger charge is -2.17. The number of rotatable bonds is 1. The zero-order chi connectivity index (χ0) is 12.9. The number of nitrogens with two attached hydrogens (primary N) is 1. The molecule has 0 saturated carbocycles. The Labute approximate surface area is 113 Å². The van der Waals surface area contributed by atoms with Crippen LogP contribution in [0, 0.1) is 5.92 Å². The molecule has 1 aliphatic carbocycles. The van der Waals surface area contributed by atoms with Crippen molar-refractivity contribution in [2.45, 2.75) is 31.3 Å². The predicted octanol–water partition coefficient (Wildman–Crippen LogP) is 2.02. The van der Waals surface area contributed by atoms with Gasteiger partial charge in [-0.15, -0.1) is 11.3 Å². The Morgan fingerprint density at radius 2 is 2.33 bits per heavy atom. The van der Waals surface area contributed by atoms with Crippen molar-refractivity contribution < 1.29 is 0 Å². The van der Waals surface area contributed by atoms with Crippen LogP contribution in [0.5, 0.6) is 0 Å². The summed E-state index contributed by atoms with van der Waals surface area (Å²) in [6, 6.07) is 0. The van der Waals surface area contributed by atoms with E-state index >= 15 is 0 Å². The first-order valence-corrected chi connectivity index (χ1v) is 8.02. The first-order valence-electron chi connectivity index (χ1n) is 5.98. The summed E-state index contributed by atoms with van der Waals surface area (Å²) in [7, 11) is 0. The highest BCUT2D eigenvalue weighted by atomic mass is 32.2. The van der Waals surface area contributed by atoms with Crippen LogP contribution in [0.15, 0.2) is 9.95 Å². The summed E-state index contributed by atoms with van der Waals surface area (Å²) >= 11 is 3.07. The van der Waals surface area contributed by atoms with Crippen molar-refractivity contribution in [1.29, 1.82) is 0 Å². The lowest BCUT2D eigenvalue weighted by atomic mass is 9.89. The Morgan fingerprint density at radius 3 is 3.06 bits per heavy atom. The molecule has 4 nitrogen and oxygen atoms in total. The van der Waals surface area contributed by atoms with Crippen LogP contribution >= 0.6 is 23.1 Å². The van der Waals surface area contributed by atoms with Crippen LogP contribution < -0.4 is 11.4 Å². The number of aromatic nitrogens is 2.